The van der Waals surface area contributed by atoms with E-state index in [9.17, 15) is 4.79 Å². The van der Waals surface area contributed by atoms with E-state index in [0.717, 1.165) is 40.9 Å². The third kappa shape index (κ3) is 3.61. The number of aromatic amines is 1. The molecule has 4 aromatic rings. The zero-order valence-corrected chi connectivity index (χ0v) is 16.5. The number of hydrogen-bond donors (Lipinski definition) is 1. The molecule has 144 valence electrons. The zero-order valence-electron chi connectivity index (χ0n) is 15.8. The molecule has 0 saturated heterocycles. The maximum Gasteiger partial charge on any atom is 0.196 e. The minimum atomic E-state index is -0.125. The van der Waals surface area contributed by atoms with Crippen LogP contribution in [0.15, 0.2) is 59.4 Å². The van der Waals surface area contributed by atoms with Crippen molar-refractivity contribution >= 4 is 22.6 Å². The molecule has 0 radical (unpaired) electrons. The summed E-state index contributed by atoms with van der Waals surface area (Å²) in [4.78, 5) is 25.0. The Kier molecular flexibility index (Phi) is 4.32. The predicted molar refractivity (Wildman–Crippen MR) is 114 cm³/mol. The van der Waals surface area contributed by atoms with Crippen LogP contribution in [0, 0.1) is 6.92 Å². The summed E-state index contributed by atoms with van der Waals surface area (Å²) in [6.07, 6.45) is 2.23. The van der Waals surface area contributed by atoms with E-state index in [-0.39, 0.29) is 11.5 Å². The van der Waals surface area contributed by atoms with E-state index in [1.165, 1.54) is 6.07 Å². The maximum absolute atomic E-state index is 12.8. The lowest BCUT2D eigenvalue weighted by Crippen LogP contribution is -2.08. The van der Waals surface area contributed by atoms with E-state index in [0.29, 0.717) is 22.1 Å². The van der Waals surface area contributed by atoms with Gasteiger partial charge in [0.2, 0.25) is 0 Å². The molecule has 1 fully saturated rings. The van der Waals surface area contributed by atoms with Crippen LogP contribution in [-0.4, -0.2) is 21.1 Å². The number of aromatic nitrogens is 3. The molecule has 0 spiro atoms. The third-order valence-corrected chi connectivity index (χ3v) is 5.08. The number of nitrogens with one attached hydrogen (secondary N) is 1. The molecule has 1 N–H and O–H groups in total. The first kappa shape index (κ1) is 17.9. The van der Waals surface area contributed by atoms with Crippen LogP contribution >= 0.6 is 11.6 Å². The molecule has 0 aliphatic heterocycles. The zero-order chi connectivity index (χ0) is 20.0. The fraction of sp³-hybridized carbons (Fsp3) is 0.174. The summed E-state index contributed by atoms with van der Waals surface area (Å²) < 4.78 is 5.78. The van der Waals surface area contributed by atoms with Gasteiger partial charge in [0.1, 0.15) is 16.9 Å². The number of halogens is 1. The standard InChI is InChI=1S/C23H18ClN3O2/c1-13-9-15(10-20(24)25-13)17-11-18-19(28)12-21(29-16-7-8-16)26-23(18)27-22(17)14-5-3-2-4-6-14/h2-6,9-12,16H,7-8H2,1H3,(H,26,27,28). The van der Waals surface area contributed by atoms with Gasteiger partial charge >= 0.3 is 0 Å². The van der Waals surface area contributed by atoms with Crippen LogP contribution in [0.2, 0.25) is 5.15 Å². The third-order valence-electron chi connectivity index (χ3n) is 4.89. The van der Waals surface area contributed by atoms with Crippen LogP contribution in [0.1, 0.15) is 18.5 Å². The first-order chi connectivity index (χ1) is 14.1. The normalized spacial score (nSPS) is 13.6. The average molecular weight is 404 g/mol. The molecule has 1 saturated carbocycles. The lowest BCUT2D eigenvalue weighted by molar-refractivity contribution is 0.292. The Morgan fingerprint density at radius 1 is 1.03 bits per heavy atom. The molecule has 0 unspecified atom stereocenters. The first-order valence-corrected chi connectivity index (χ1v) is 9.89. The van der Waals surface area contributed by atoms with Gasteiger partial charge in [-0.25, -0.2) is 9.97 Å². The number of rotatable bonds is 4. The average Bonchev–Trinajstić information content (AvgIpc) is 3.51. The van der Waals surface area contributed by atoms with Gasteiger partial charge in [0.05, 0.1) is 11.1 Å². The van der Waals surface area contributed by atoms with Crippen molar-refractivity contribution in [1.29, 1.82) is 0 Å². The summed E-state index contributed by atoms with van der Waals surface area (Å²) in [6, 6.07) is 17.0. The van der Waals surface area contributed by atoms with Crippen LogP contribution in [0.4, 0.5) is 0 Å². The van der Waals surface area contributed by atoms with Gasteiger partial charge in [-0.05, 0) is 43.5 Å². The molecule has 5 rings (SSSR count). The highest BCUT2D eigenvalue weighted by molar-refractivity contribution is 6.29. The number of nitrogens with zero attached hydrogens (tertiary/aromatic N) is 2. The Morgan fingerprint density at radius 2 is 1.83 bits per heavy atom. The largest absolute Gasteiger partial charge is 0.476 e. The van der Waals surface area contributed by atoms with Gasteiger partial charge in [0.15, 0.2) is 11.3 Å². The van der Waals surface area contributed by atoms with Crippen molar-refractivity contribution in [2.75, 3.05) is 0 Å². The van der Waals surface area contributed by atoms with E-state index >= 15 is 0 Å². The van der Waals surface area contributed by atoms with Crippen LogP contribution in [-0.2, 0) is 0 Å². The molecular formula is C23H18ClN3O2. The van der Waals surface area contributed by atoms with Crippen molar-refractivity contribution in [2.24, 2.45) is 0 Å². The lowest BCUT2D eigenvalue weighted by atomic mass is 9.98. The fourth-order valence-corrected chi connectivity index (χ4v) is 3.65. The SMILES string of the molecule is Cc1cc(-c2cc3c(=O)cc(OC4CC4)[nH]c3nc2-c2ccccc2)cc(Cl)n1. The van der Waals surface area contributed by atoms with Gasteiger partial charge in [-0.15, -0.1) is 0 Å². The Bertz CT molecular complexity index is 1260. The minimum absolute atomic E-state index is 0.125. The molecule has 29 heavy (non-hydrogen) atoms. The van der Waals surface area contributed by atoms with Crippen LogP contribution in [0.25, 0.3) is 33.4 Å². The predicted octanol–water partition coefficient (Wildman–Crippen LogP) is 5.16. The molecule has 3 heterocycles. The van der Waals surface area contributed by atoms with Crippen molar-refractivity contribution in [1.82, 2.24) is 15.0 Å². The molecule has 3 aromatic heterocycles. The molecule has 0 atom stereocenters. The van der Waals surface area contributed by atoms with Gasteiger partial charge in [-0.3, -0.25) is 4.79 Å². The second kappa shape index (κ2) is 7.01. The van der Waals surface area contributed by atoms with Gasteiger partial charge in [0.25, 0.3) is 0 Å². The van der Waals surface area contributed by atoms with Crippen LogP contribution in [0.5, 0.6) is 5.88 Å². The Hall–Kier alpha value is -3.18. The van der Waals surface area contributed by atoms with E-state index in [1.54, 1.807) is 6.07 Å². The maximum atomic E-state index is 12.8. The molecule has 1 aliphatic carbocycles. The fourth-order valence-electron chi connectivity index (χ4n) is 3.39. The molecule has 0 bridgehead atoms. The van der Waals surface area contributed by atoms with E-state index in [2.05, 4.69) is 9.97 Å². The summed E-state index contributed by atoms with van der Waals surface area (Å²) >= 11 is 6.21. The molecule has 1 aromatic carbocycles. The number of aryl methyl sites for hydroxylation is 1. The summed E-state index contributed by atoms with van der Waals surface area (Å²) in [7, 11) is 0. The number of pyridine rings is 3. The second-order valence-corrected chi connectivity index (χ2v) is 7.67. The number of ether oxygens (including phenoxy) is 1. The van der Waals surface area contributed by atoms with Gasteiger partial charge in [0, 0.05) is 22.9 Å². The molecule has 1 aliphatic rings. The number of fused-ring (bicyclic) bond motifs is 1. The highest BCUT2D eigenvalue weighted by Gasteiger charge is 2.24. The topological polar surface area (TPSA) is 67.9 Å². The lowest BCUT2D eigenvalue weighted by Gasteiger charge is -2.13. The molecule has 6 heteroatoms. The number of H-pyrrole nitrogens is 1. The Morgan fingerprint density at radius 3 is 2.55 bits per heavy atom. The van der Waals surface area contributed by atoms with Crippen LogP contribution < -0.4 is 10.2 Å². The van der Waals surface area contributed by atoms with E-state index < -0.39 is 0 Å². The van der Waals surface area contributed by atoms with Crippen molar-refractivity contribution < 1.29 is 4.74 Å². The highest BCUT2D eigenvalue weighted by atomic mass is 35.5. The highest BCUT2D eigenvalue weighted by Crippen LogP contribution is 2.34. The van der Waals surface area contributed by atoms with Gasteiger partial charge in [-0.2, -0.15) is 0 Å². The minimum Gasteiger partial charge on any atom is -0.476 e. The molecule has 0 amide bonds. The van der Waals surface area contributed by atoms with Gasteiger partial charge in [-0.1, -0.05) is 41.9 Å². The van der Waals surface area contributed by atoms with Gasteiger partial charge < -0.3 is 9.72 Å². The monoisotopic (exact) mass is 403 g/mol. The quantitative estimate of drug-likeness (QED) is 0.478. The summed E-state index contributed by atoms with van der Waals surface area (Å²) in [6.45, 7) is 1.89. The van der Waals surface area contributed by atoms with Crippen molar-refractivity contribution in [3.8, 4) is 28.3 Å². The number of benzene rings is 1. The Labute approximate surface area is 172 Å². The number of hydrogen-bond acceptors (Lipinski definition) is 4. The first-order valence-electron chi connectivity index (χ1n) is 9.51. The summed E-state index contributed by atoms with van der Waals surface area (Å²) in [5, 5.41) is 0.912. The van der Waals surface area contributed by atoms with Crippen molar-refractivity contribution in [2.45, 2.75) is 25.9 Å². The second-order valence-electron chi connectivity index (χ2n) is 7.28. The van der Waals surface area contributed by atoms with E-state index in [4.69, 9.17) is 21.3 Å². The smallest absolute Gasteiger partial charge is 0.196 e. The molecular weight excluding hydrogens is 386 g/mol. The van der Waals surface area contributed by atoms with Crippen molar-refractivity contribution in [3.05, 3.63) is 75.7 Å². The van der Waals surface area contributed by atoms with Crippen LogP contribution in [0.3, 0.4) is 0 Å². The summed E-state index contributed by atoms with van der Waals surface area (Å²) in [5.74, 6) is 0.465. The van der Waals surface area contributed by atoms with E-state index in [1.807, 2.05) is 49.4 Å². The van der Waals surface area contributed by atoms with Crippen molar-refractivity contribution in [3.63, 3.8) is 0 Å². The Balaban J connectivity index is 1.77. The molecule has 5 nitrogen and oxygen atoms in total. The summed E-state index contributed by atoms with van der Waals surface area (Å²) in [5.41, 5.74) is 4.59.